The van der Waals surface area contributed by atoms with E-state index < -0.39 is 0 Å². The lowest BCUT2D eigenvalue weighted by atomic mass is 10.1. The standard InChI is InChI=1S/C14H13N3O.2ClH/c1-18-8-10-6-12(14-7-15-9-16-14)11-4-2-3-5-13(11)17-10;;/h2-7,9H,8H2,1H3,(H,15,16);2*1H. The molecule has 3 rings (SSSR count). The Labute approximate surface area is 129 Å². The molecule has 0 atom stereocenters. The Kier molecular flexibility index (Phi) is 5.95. The number of halogens is 2. The number of para-hydroxylation sites is 1. The summed E-state index contributed by atoms with van der Waals surface area (Å²) in [6, 6.07) is 10.1. The van der Waals surface area contributed by atoms with Gasteiger partial charge in [-0.25, -0.2) is 4.98 Å². The monoisotopic (exact) mass is 311 g/mol. The highest BCUT2D eigenvalue weighted by Crippen LogP contribution is 2.26. The highest BCUT2D eigenvalue weighted by atomic mass is 35.5. The van der Waals surface area contributed by atoms with Crippen LogP contribution in [0.1, 0.15) is 5.69 Å². The number of imidazole rings is 1. The Balaban J connectivity index is 0.000001000. The topological polar surface area (TPSA) is 50.8 Å². The fourth-order valence-corrected chi connectivity index (χ4v) is 2.08. The third-order valence-electron chi connectivity index (χ3n) is 2.85. The number of ether oxygens (including phenoxy) is 1. The quantitative estimate of drug-likeness (QED) is 0.803. The average molecular weight is 312 g/mol. The van der Waals surface area contributed by atoms with Crippen LogP contribution in [0.2, 0.25) is 0 Å². The van der Waals surface area contributed by atoms with Crippen LogP contribution in [0.25, 0.3) is 22.2 Å². The Morgan fingerprint density at radius 1 is 1.20 bits per heavy atom. The van der Waals surface area contributed by atoms with Crippen LogP contribution < -0.4 is 0 Å². The highest BCUT2D eigenvalue weighted by Gasteiger charge is 2.08. The average Bonchev–Trinajstić information content (AvgIpc) is 2.92. The van der Waals surface area contributed by atoms with Crippen molar-refractivity contribution in [2.45, 2.75) is 6.61 Å². The number of aromatic amines is 1. The van der Waals surface area contributed by atoms with Crippen LogP contribution in [-0.2, 0) is 11.3 Å². The maximum atomic E-state index is 5.16. The van der Waals surface area contributed by atoms with E-state index in [2.05, 4.69) is 21.0 Å². The van der Waals surface area contributed by atoms with Crippen molar-refractivity contribution in [1.82, 2.24) is 15.0 Å². The zero-order valence-corrected chi connectivity index (χ0v) is 12.5. The zero-order valence-electron chi connectivity index (χ0n) is 10.9. The summed E-state index contributed by atoms with van der Waals surface area (Å²) in [5.74, 6) is 0. The Morgan fingerprint density at radius 3 is 2.70 bits per heavy atom. The minimum Gasteiger partial charge on any atom is -0.378 e. The van der Waals surface area contributed by atoms with Gasteiger partial charge in [0.15, 0.2) is 0 Å². The molecule has 0 radical (unpaired) electrons. The summed E-state index contributed by atoms with van der Waals surface area (Å²) < 4.78 is 5.16. The van der Waals surface area contributed by atoms with Gasteiger partial charge in [0.05, 0.1) is 36.0 Å². The second-order valence-electron chi connectivity index (χ2n) is 4.08. The molecule has 0 aliphatic carbocycles. The molecule has 0 unspecified atom stereocenters. The van der Waals surface area contributed by atoms with Crippen molar-refractivity contribution in [2.75, 3.05) is 7.11 Å². The number of rotatable bonds is 3. The molecule has 1 N–H and O–H groups in total. The van der Waals surface area contributed by atoms with Gasteiger partial charge >= 0.3 is 0 Å². The Hall–Kier alpha value is -1.62. The molecule has 1 aromatic carbocycles. The van der Waals surface area contributed by atoms with Crippen molar-refractivity contribution in [2.24, 2.45) is 0 Å². The fourth-order valence-electron chi connectivity index (χ4n) is 2.08. The number of fused-ring (bicyclic) bond motifs is 1. The SMILES string of the molecule is COCc1cc(-c2cnc[nH]2)c2ccccc2n1.Cl.Cl. The first-order valence-corrected chi connectivity index (χ1v) is 5.75. The first-order chi connectivity index (χ1) is 8.88. The maximum Gasteiger partial charge on any atom is 0.0924 e. The molecule has 0 saturated carbocycles. The second kappa shape index (κ2) is 7.24. The van der Waals surface area contributed by atoms with E-state index in [0.717, 1.165) is 27.9 Å². The predicted molar refractivity (Wildman–Crippen MR) is 84.5 cm³/mol. The number of H-pyrrole nitrogens is 1. The summed E-state index contributed by atoms with van der Waals surface area (Å²) in [6.07, 6.45) is 3.50. The molecule has 6 heteroatoms. The number of pyridine rings is 1. The summed E-state index contributed by atoms with van der Waals surface area (Å²) in [5, 5.41) is 1.11. The van der Waals surface area contributed by atoms with Crippen molar-refractivity contribution in [1.29, 1.82) is 0 Å². The van der Waals surface area contributed by atoms with Gasteiger partial charge in [-0.05, 0) is 12.1 Å². The summed E-state index contributed by atoms with van der Waals surface area (Å²) in [5.41, 5.74) is 3.98. The van der Waals surface area contributed by atoms with Crippen LogP contribution in [-0.4, -0.2) is 22.1 Å². The molecule has 0 spiro atoms. The van der Waals surface area contributed by atoms with E-state index in [1.165, 1.54) is 0 Å². The summed E-state index contributed by atoms with van der Waals surface area (Å²) in [7, 11) is 1.67. The van der Waals surface area contributed by atoms with E-state index in [0.29, 0.717) is 6.61 Å². The van der Waals surface area contributed by atoms with Crippen molar-refractivity contribution in [3.05, 3.63) is 48.5 Å². The van der Waals surface area contributed by atoms with E-state index in [-0.39, 0.29) is 24.8 Å². The molecule has 0 amide bonds. The van der Waals surface area contributed by atoms with Gasteiger partial charge in [-0.15, -0.1) is 24.8 Å². The molecular weight excluding hydrogens is 297 g/mol. The van der Waals surface area contributed by atoms with Crippen molar-refractivity contribution in [3.8, 4) is 11.3 Å². The molecular formula is C14H15Cl2N3O. The molecule has 4 nitrogen and oxygen atoms in total. The summed E-state index contributed by atoms with van der Waals surface area (Å²) >= 11 is 0. The number of benzene rings is 1. The van der Waals surface area contributed by atoms with Gasteiger partial charge in [0.25, 0.3) is 0 Å². The molecule has 2 heterocycles. The molecule has 3 aromatic rings. The fraction of sp³-hybridized carbons (Fsp3) is 0.143. The smallest absolute Gasteiger partial charge is 0.0924 e. The third-order valence-corrected chi connectivity index (χ3v) is 2.85. The minimum atomic E-state index is 0. The minimum absolute atomic E-state index is 0. The van der Waals surface area contributed by atoms with E-state index in [4.69, 9.17) is 4.74 Å². The van der Waals surface area contributed by atoms with Gasteiger partial charge in [-0.2, -0.15) is 0 Å². The lowest BCUT2D eigenvalue weighted by Crippen LogP contribution is -1.95. The first kappa shape index (κ1) is 16.4. The zero-order chi connectivity index (χ0) is 12.4. The molecule has 0 aliphatic rings. The van der Waals surface area contributed by atoms with E-state index in [9.17, 15) is 0 Å². The maximum absolute atomic E-state index is 5.16. The van der Waals surface area contributed by atoms with Crippen molar-refractivity contribution < 1.29 is 4.74 Å². The van der Waals surface area contributed by atoms with E-state index in [1.54, 1.807) is 13.4 Å². The largest absolute Gasteiger partial charge is 0.378 e. The summed E-state index contributed by atoms with van der Waals surface area (Å²) in [4.78, 5) is 11.8. The van der Waals surface area contributed by atoms with Crippen LogP contribution in [0, 0.1) is 0 Å². The lowest BCUT2D eigenvalue weighted by Gasteiger charge is -2.07. The van der Waals surface area contributed by atoms with E-state index >= 15 is 0 Å². The molecule has 106 valence electrons. The van der Waals surface area contributed by atoms with Gasteiger partial charge in [0.2, 0.25) is 0 Å². The number of hydrogen-bond donors (Lipinski definition) is 1. The molecule has 2 aromatic heterocycles. The van der Waals surface area contributed by atoms with Gasteiger partial charge in [-0.1, -0.05) is 18.2 Å². The molecule has 0 bridgehead atoms. The molecule has 0 saturated heterocycles. The van der Waals surface area contributed by atoms with Crippen molar-refractivity contribution in [3.63, 3.8) is 0 Å². The van der Waals surface area contributed by atoms with Gasteiger partial charge in [0, 0.05) is 18.1 Å². The van der Waals surface area contributed by atoms with E-state index in [1.807, 2.05) is 30.5 Å². The van der Waals surface area contributed by atoms with Crippen LogP contribution in [0.15, 0.2) is 42.9 Å². The number of hydrogen-bond acceptors (Lipinski definition) is 3. The molecule has 0 fully saturated rings. The number of nitrogens with one attached hydrogen (secondary N) is 1. The van der Waals surface area contributed by atoms with Crippen LogP contribution in [0.3, 0.4) is 0 Å². The number of nitrogens with zero attached hydrogens (tertiary/aromatic N) is 2. The van der Waals surface area contributed by atoms with Crippen molar-refractivity contribution >= 4 is 35.7 Å². The highest BCUT2D eigenvalue weighted by molar-refractivity contribution is 5.93. The Morgan fingerprint density at radius 2 is 2.00 bits per heavy atom. The van der Waals surface area contributed by atoms with Gasteiger partial charge in [0.1, 0.15) is 0 Å². The number of methoxy groups -OCH3 is 1. The van der Waals surface area contributed by atoms with Gasteiger partial charge in [-0.3, -0.25) is 4.98 Å². The molecule has 20 heavy (non-hydrogen) atoms. The third kappa shape index (κ3) is 3.10. The summed E-state index contributed by atoms with van der Waals surface area (Å²) in [6.45, 7) is 0.506. The Bertz CT molecular complexity index is 671. The predicted octanol–water partition coefficient (Wildman–Crippen LogP) is 3.61. The van der Waals surface area contributed by atoms with Crippen LogP contribution >= 0.6 is 24.8 Å². The lowest BCUT2D eigenvalue weighted by molar-refractivity contribution is 0.182. The first-order valence-electron chi connectivity index (χ1n) is 5.75. The number of aromatic nitrogens is 3. The van der Waals surface area contributed by atoms with Gasteiger partial charge < -0.3 is 9.72 Å². The molecule has 0 aliphatic heterocycles. The van der Waals surface area contributed by atoms with Crippen LogP contribution in [0.5, 0.6) is 0 Å². The van der Waals surface area contributed by atoms with Crippen LogP contribution in [0.4, 0.5) is 0 Å². The normalized spacial score (nSPS) is 9.85. The second-order valence-corrected chi connectivity index (χ2v) is 4.08.